The molecule has 0 atom stereocenters. The molecular weight excluding hydrogens is 240 g/mol. The standard InChI is InChI=1S/C10H4F4N2O/c11-6-8(7(12)10(14)16-9(6)13)17-5-3-1-2-4-15-5/h1-4H. The lowest BCUT2D eigenvalue weighted by atomic mass is 10.4. The third kappa shape index (κ3) is 2.17. The van der Waals surface area contributed by atoms with Crippen molar-refractivity contribution in [3.63, 3.8) is 0 Å². The van der Waals surface area contributed by atoms with E-state index in [0.29, 0.717) is 0 Å². The van der Waals surface area contributed by atoms with Crippen LogP contribution in [-0.4, -0.2) is 9.97 Å². The third-order valence-electron chi connectivity index (χ3n) is 1.80. The molecule has 0 saturated carbocycles. The van der Waals surface area contributed by atoms with Crippen LogP contribution in [0, 0.1) is 23.5 Å². The summed E-state index contributed by atoms with van der Waals surface area (Å²) >= 11 is 0. The summed E-state index contributed by atoms with van der Waals surface area (Å²) in [6.45, 7) is 0. The Morgan fingerprint density at radius 3 is 2.12 bits per heavy atom. The Balaban J connectivity index is 2.46. The molecule has 0 radical (unpaired) electrons. The Labute approximate surface area is 92.7 Å². The molecule has 0 aliphatic heterocycles. The van der Waals surface area contributed by atoms with Gasteiger partial charge >= 0.3 is 0 Å². The van der Waals surface area contributed by atoms with Crippen molar-refractivity contribution in [2.24, 2.45) is 0 Å². The van der Waals surface area contributed by atoms with Crippen LogP contribution in [0.3, 0.4) is 0 Å². The Kier molecular flexibility index (Phi) is 2.90. The SMILES string of the molecule is Fc1nc(F)c(F)c(Oc2ccccn2)c1F. The lowest BCUT2D eigenvalue weighted by Crippen LogP contribution is -2.03. The second kappa shape index (κ2) is 4.36. The van der Waals surface area contributed by atoms with Crippen molar-refractivity contribution in [1.82, 2.24) is 9.97 Å². The van der Waals surface area contributed by atoms with Crippen molar-refractivity contribution in [2.75, 3.05) is 0 Å². The summed E-state index contributed by atoms with van der Waals surface area (Å²) < 4.78 is 56.3. The Hall–Kier alpha value is -2.18. The van der Waals surface area contributed by atoms with Crippen LogP contribution in [0.2, 0.25) is 0 Å². The molecule has 0 unspecified atom stereocenters. The molecule has 0 spiro atoms. The molecule has 3 nitrogen and oxygen atoms in total. The van der Waals surface area contributed by atoms with Crippen LogP contribution < -0.4 is 4.74 Å². The molecule has 0 aliphatic rings. The van der Waals surface area contributed by atoms with E-state index >= 15 is 0 Å². The maximum absolute atomic E-state index is 13.1. The molecule has 2 aromatic rings. The second-order valence-electron chi connectivity index (χ2n) is 2.92. The Bertz CT molecular complexity index is 521. The molecule has 2 rings (SSSR count). The molecule has 2 aromatic heterocycles. The van der Waals surface area contributed by atoms with Crippen LogP contribution in [0.1, 0.15) is 0 Å². The lowest BCUT2D eigenvalue weighted by Gasteiger charge is -2.06. The highest BCUT2D eigenvalue weighted by Crippen LogP contribution is 2.28. The number of hydrogen-bond acceptors (Lipinski definition) is 3. The van der Waals surface area contributed by atoms with Crippen LogP contribution in [0.4, 0.5) is 17.6 Å². The van der Waals surface area contributed by atoms with Crippen LogP contribution >= 0.6 is 0 Å². The van der Waals surface area contributed by atoms with Gasteiger partial charge in [-0.2, -0.15) is 22.5 Å². The fraction of sp³-hybridized carbons (Fsp3) is 0. The van der Waals surface area contributed by atoms with Gasteiger partial charge in [-0.05, 0) is 6.07 Å². The molecule has 88 valence electrons. The fourth-order valence-corrected chi connectivity index (χ4v) is 1.07. The zero-order valence-corrected chi connectivity index (χ0v) is 8.12. The van der Waals surface area contributed by atoms with Gasteiger partial charge in [0.05, 0.1) is 0 Å². The minimum atomic E-state index is -1.78. The molecule has 0 amide bonds. The highest BCUT2D eigenvalue weighted by atomic mass is 19.2. The number of halogens is 4. The van der Waals surface area contributed by atoms with Crippen LogP contribution in [-0.2, 0) is 0 Å². The van der Waals surface area contributed by atoms with E-state index < -0.39 is 29.3 Å². The molecule has 2 heterocycles. The van der Waals surface area contributed by atoms with Crippen molar-refractivity contribution in [3.8, 4) is 11.6 Å². The molecule has 0 saturated heterocycles. The fourth-order valence-electron chi connectivity index (χ4n) is 1.07. The summed E-state index contributed by atoms with van der Waals surface area (Å²) in [4.78, 5) is 5.99. The largest absolute Gasteiger partial charge is 0.432 e. The van der Waals surface area contributed by atoms with Crippen molar-refractivity contribution in [2.45, 2.75) is 0 Å². The van der Waals surface area contributed by atoms with E-state index in [9.17, 15) is 17.6 Å². The summed E-state index contributed by atoms with van der Waals surface area (Å²) in [5, 5.41) is 0. The van der Waals surface area contributed by atoms with Gasteiger partial charge in [0.25, 0.3) is 11.9 Å². The van der Waals surface area contributed by atoms with Crippen molar-refractivity contribution in [3.05, 3.63) is 47.9 Å². The third-order valence-corrected chi connectivity index (χ3v) is 1.80. The van der Waals surface area contributed by atoms with Crippen LogP contribution in [0.15, 0.2) is 24.4 Å². The minimum absolute atomic E-state index is 0.199. The number of aromatic nitrogens is 2. The second-order valence-corrected chi connectivity index (χ2v) is 2.92. The van der Waals surface area contributed by atoms with Gasteiger partial charge in [-0.1, -0.05) is 6.07 Å². The van der Waals surface area contributed by atoms with Gasteiger partial charge in [-0.15, -0.1) is 0 Å². The van der Waals surface area contributed by atoms with Gasteiger partial charge in [0, 0.05) is 12.3 Å². The number of pyridine rings is 2. The highest BCUT2D eigenvalue weighted by Gasteiger charge is 2.22. The van der Waals surface area contributed by atoms with Gasteiger partial charge in [0.1, 0.15) is 0 Å². The van der Waals surface area contributed by atoms with Crippen LogP contribution in [0.5, 0.6) is 11.6 Å². The normalized spacial score (nSPS) is 10.4. The van der Waals surface area contributed by atoms with Gasteiger partial charge < -0.3 is 4.74 Å². The van der Waals surface area contributed by atoms with E-state index in [4.69, 9.17) is 0 Å². The minimum Gasteiger partial charge on any atom is -0.432 e. The topological polar surface area (TPSA) is 35.0 Å². The molecule has 0 aromatic carbocycles. The molecule has 0 fully saturated rings. The lowest BCUT2D eigenvalue weighted by molar-refractivity contribution is 0.338. The molecule has 0 bridgehead atoms. The molecule has 0 aliphatic carbocycles. The Morgan fingerprint density at radius 1 is 0.941 bits per heavy atom. The van der Waals surface area contributed by atoms with E-state index in [1.807, 2.05) is 0 Å². The molecular formula is C10H4F4N2O. The first-order chi connectivity index (χ1) is 8.09. The maximum atomic E-state index is 13.1. The van der Waals surface area contributed by atoms with E-state index in [1.54, 1.807) is 0 Å². The summed E-state index contributed by atoms with van der Waals surface area (Å²) in [5.74, 6) is -8.40. The smallest absolute Gasteiger partial charge is 0.255 e. The maximum Gasteiger partial charge on any atom is 0.255 e. The summed E-state index contributed by atoms with van der Waals surface area (Å²) in [6.07, 6.45) is 1.29. The van der Waals surface area contributed by atoms with Gasteiger partial charge in [0.2, 0.25) is 23.3 Å². The van der Waals surface area contributed by atoms with E-state index in [1.165, 1.54) is 24.4 Å². The predicted octanol–water partition coefficient (Wildman–Crippen LogP) is 2.83. The van der Waals surface area contributed by atoms with Gasteiger partial charge in [0.15, 0.2) is 0 Å². The number of nitrogens with zero attached hydrogens (tertiary/aromatic N) is 2. The number of hydrogen-bond donors (Lipinski definition) is 0. The average molecular weight is 244 g/mol. The number of ether oxygens (including phenoxy) is 1. The van der Waals surface area contributed by atoms with Crippen molar-refractivity contribution in [1.29, 1.82) is 0 Å². The average Bonchev–Trinajstić information content (AvgIpc) is 2.33. The zero-order chi connectivity index (χ0) is 12.4. The van der Waals surface area contributed by atoms with Crippen molar-refractivity contribution < 1.29 is 22.3 Å². The summed E-state index contributed by atoms with van der Waals surface area (Å²) in [6, 6.07) is 4.29. The number of rotatable bonds is 2. The summed E-state index contributed by atoms with van der Waals surface area (Å²) in [7, 11) is 0. The highest BCUT2D eigenvalue weighted by molar-refractivity contribution is 5.28. The first kappa shape index (κ1) is 11.3. The molecule has 0 N–H and O–H groups in total. The predicted molar refractivity (Wildman–Crippen MR) is 48.4 cm³/mol. The molecule has 17 heavy (non-hydrogen) atoms. The van der Waals surface area contributed by atoms with Gasteiger partial charge in [-0.25, -0.2) is 4.98 Å². The zero-order valence-electron chi connectivity index (χ0n) is 8.12. The Morgan fingerprint density at radius 2 is 1.59 bits per heavy atom. The monoisotopic (exact) mass is 244 g/mol. The first-order valence-electron chi connectivity index (χ1n) is 4.38. The van der Waals surface area contributed by atoms with Crippen LogP contribution in [0.25, 0.3) is 0 Å². The van der Waals surface area contributed by atoms with E-state index in [0.717, 1.165) is 0 Å². The van der Waals surface area contributed by atoms with E-state index in [2.05, 4.69) is 14.7 Å². The quantitative estimate of drug-likeness (QED) is 0.601. The molecule has 7 heteroatoms. The first-order valence-corrected chi connectivity index (χ1v) is 4.38. The van der Waals surface area contributed by atoms with Crippen molar-refractivity contribution >= 4 is 0 Å². The summed E-state index contributed by atoms with van der Waals surface area (Å²) in [5.41, 5.74) is 0. The van der Waals surface area contributed by atoms with Gasteiger partial charge in [-0.3, -0.25) is 0 Å². The van der Waals surface area contributed by atoms with E-state index in [-0.39, 0.29) is 5.88 Å².